The van der Waals surface area contributed by atoms with Crippen LogP contribution in [-0.2, 0) is 4.65 Å². The molecule has 20 heavy (non-hydrogen) atoms. The number of aliphatic hydroxyl groups is 1. The SMILES string of the molecule is COc1nc(SC)ncc1B(O)OC(C)(C)C(C)(C)O. The smallest absolute Gasteiger partial charge is 0.481 e. The predicted octanol–water partition coefficient (Wildman–Crippen LogP) is 0.461. The third-order valence-electron chi connectivity index (χ3n) is 3.28. The van der Waals surface area contributed by atoms with E-state index in [0.717, 1.165) is 0 Å². The Bertz CT molecular complexity index is 465. The van der Waals surface area contributed by atoms with Crippen LogP contribution in [0.2, 0.25) is 0 Å². The molecular weight excluding hydrogens is 279 g/mol. The van der Waals surface area contributed by atoms with Crippen molar-refractivity contribution in [3.05, 3.63) is 6.20 Å². The van der Waals surface area contributed by atoms with Crippen molar-refractivity contribution in [2.24, 2.45) is 0 Å². The van der Waals surface area contributed by atoms with Crippen LogP contribution in [0.3, 0.4) is 0 Å². The largest absolute Gasteiger partial charge is 0.498 e. The van der Waals surface area contributed by atoms with E-state index in [-0.39, 0.29) is 5.88 Å². The summed E-state index contributed by atoms with van der Waals surface area (Å²) >= 11 is 1.37. The van der Waals surface area contributed by atoms with Gasteiger partial charge in [-0.05, 0) is 34.0 Å². The van der Waals surface area contributed by atoms with Crippen molar-refractivity contribution in [2.45, 2.75) is 44.1 Å². The van der Waals surface area contributed by atoms with E-state index in [2.05, 4.69) is 9.97 Å². The van der Waals surface area contributed by atoms with Crippen LogP contribution in [0.25, 0.3) is 0 Å². The van der Waals surface area contributed by atoms with Crippen molar-refractivity contribution >= 4 is 24.3 Å². The van der Waals surface area contributed by atoms with Gasteiger partial charge in [0.1, 0.15) is 0 Å². The number of methoxy groups -OCH3 is 1. The summed E-state index contributed by atoms with van der Waals surface area (Å²) in [7, 11) is 0.173. The van der Waals surface area contributed by atoms with Gasteiger partial charge in [0.05, 0.1) is 23.8 Å². The average molecular weight is 300 g/mol. The number of hydrogen-bond donors (Lipinski definition) is 2. The van der Waals surface area contributed by atoms with Crippen molar-refractivity contribution < 1.29 is 19.5 Å². The Morgan fingerprint density at radius 3 is 2.35 bits per heavy atom. The lowest BCUT2D eigenvalue weighted by atomic mass is 9.77. The quantitative estimate of drug-likeness (QED) is 0.448. The van der Waals surface area contributed by atoms with E-state index in [1.54, 1.807) is 27.7 Å². The molecule has 0 amide bonds. The Kier molecular flexibility index (Phi) is 5.43. The number of aromatic nitrogens is 2. The van der Waals surface area contributed by atoms with Crippen molar-refractivity contribution in [1.82, 2.24) is 9.97 Å². The van der Waals surface area contributed by atoms with Gasteiger partial charge in [0.2, 0.25) is 5.88 Å². The minimum atomic E-state index is -1.29. The van der Waals surface area contributed by atoms with Crippen LogP contribution in [0.4, 0.5) is 0 Å². The van der Waals surface area contributed by atoms with E-state index in [1.165, 1.54) is 25.1 Å². The zero-order valence-corrected chi connectivity index (χ0v) is 13.5. The standard InChI is InChI=1S/C12H21BN2O4S/c1-11(2,16)12(3,4)19-13(17)8-7-14-10(20-6)15-9(8)18-5/h7,16-17H,1-6H3. The van der Waals surface area contributed by atoms with E-state index in [0.29, 0.717) is 10.6 Å². The molecule has 0 saturated carbocycles. The van der Waals surface area contributed by atoms with Crippen LogP contribution in [0.1, 0.15) is 27.7 Å². The fourth-order valence-electron chi connectivity index (χ4n) is 1.28. The molecule has 0 aliphatic heterocycles. The Hall–Kier alpha value is -0.825. The summed E-state index contributed by atoms with van der Waals surface area (Å²) in [6.07, 6.45) is 3.31. The second-order valence-electron chi connectivity index (χ2n) is 5.36. The van der Waals surface area contributed by atoms with Crippen molar-refractivity contribution in [3.8, 4) is 5.88 Å². The molecule has 0 atom stereocenters. The van der Waals surface area contributed by atoms with E-state index < -0.39 is 18.3 Å². The molecule has 2 N–H and O–H groups in total. The zero-order chi connectivity index (χ0) is 15.6. The minimum absolute atomic E-state index is 0.253. The molecule has 1 aromatic heterocycles. The fraction of sp³-hybridized carbons (Fsp3) is 0.667. The van der Waals surface area contributed by atoms with Crippen LogP contribution < -0.4 is 10.2 Å². The first-order chi connectivity index (χ1) is 9.12. The molecule has 0 saturated heterocycles. The van der Waals surface area contributed by atoms with Gasteiger partial charge in [0.15, 0.2) is 5.16 Å². The van der Waals surface area contributed by atoms with Crippen LogP contribution >= 0.6 is 11.8 Å². The molecule has 6 nitrogen and oxygen atoms in total. The highest BCUT2D eigenvalue weighted by Crippen LogP contribution is 2.25. The summed E-state index contributed by atoms with van der Waals surface area (Å²) in [6, 6.07) is 0. The van der Waals surface area contributed by atoms with E-state index in [4.69, 9.17) is 9.39 Å². The number of rotatable bonds is 6. The molecule has 0 aliphatic rings. The van der Waals surface area contributed by atoms with Gasteiger partial charge in [-0.15, -0.1) is 0 Å². The van der Waals surface area contributed by atoms with Gasteiger partial charge in [-0.25, -0.2) is 4.98 Å². The Balaban J connectivity index is 3.01. The van der Waals surface area contributed by atoms with E-state index in [9.17, 15) is 10.1 Å². The third kappa shape index (κ3) is 3.85. The minimum Gasteiger partial charge on any atom is -0.481 e. The normalized spacial score (nSPS) is 12.4. The number of thioether (sulfide) groups is 1. The van der Waals surface area contributed by atoms with Crippen molar-refractivity contribution in [1.29, 1.82) is 0 Å². The summed E-state index contributed by atoms with van der Waals surface area (Å²) in [4.78, 5) is 8.24. The molecule has 0 spiro atoms. The third-order valence-corrected chi connectivity index (χ3v) is 3.84. The van der Waals surface area contributed by atoms with Gasteiger partial charge in [0.25, 0.3) is 0 Å². The highest BCUT2D eigenvalue weighted by atomic mass is 32.2. The lowest BCUT2D eigenvalue weighted by molar-refractivity contribution is -0.0983. The predicted molar refractivity (Wildman–Crippen MR) is 79.4 cm³/mol. The molecular formula is C12H21BN2O4S. The van der Waals surface area contributed by atoms with Crippen molar-refractivity contribution in [2.75, 3.05) is 13.4 Å². The average Bonchev–Trinajstić information content (AvgIpc) is 2.35. The van der Waals surface area contributed by atoms with E-state index in [1.807, 2.05) is 6.26 Å². The Morgan fingerprint density at radius 1 is 1.30 bits per heavy atom. The Morgan fingerprint density at radius 2 is 1.90 bits per heavy atom. The first-order valence-corrected chi connectivity index (χ1v) is 7.38. The highest BCUT2D eigenvalue weighted by molar-refractivity contribution is 7.98. The molecule has 112 valence electrons. The number of nitrogens with zero attached hydrogens (tertiary/aromatic N) is 2. The first-order valence-electron chi connectivity index (χ1n) is 6.15. The second-order valence-corrected chi connectivity index (χ2v) is 6.13. The monoisotopic (exact) mass is 300 g/mol. The van der Waals surface area contributed by atoms with Gasteiger partial charge in [-0.2, -0.15) is 4.98 Å². The fourth-order valence-corrected chi connectivity index (χ4v) is 1.61. The van der Waals surface area contributed by atoms with Gasteiger partial charge in [-0.3, -0.25) is 0 Å². The van der Waals surface area contributed by atoms with Crippen LogP contribution in [0, 0.1) is 0 Å². The van der Waals surface area contributed by atoms with Gasteiger partial charge < -0.3 is 19.5 Å². The van der Waals surface area contributed by atoms with E-state index >= 15 is 0 Å². The highest BCUT2D eigenvalue weighted by Gasteiger charge is 2.40. The number of ether oxygens (including phenoxy) is 1. The molecule has 1 heterocycles. The van der Waals surface area contributed by atoms with Crippen molar-refractivity contribution in [3.63, 3.8) is 0 Å². The summed E-state index contributed by atoms with van der Waals surface area (Å²) in [5, 5.41) is 20.8. The maximum absolute atomic E-state index is 10.2. The van der Waals surface area contributed by atoms with Crippen LogP contribution in [0.5, 0.6) is 5.88 Å². The molecule has 0 aliphatic carbocycles. The Labute approximate surface area is 124 Å². The lowest BCUT2D eigenvalue weighted by Crippen LogP contribution is -2.53. The number of hydrogen-bond acceptors (Lipinski definition) is 7. The zero-order valence-electron chi connectivity index (χ0n) is 12.7. The first kappa shape index (κ1) is 17.2. The molecule has 0 aromatic carbocycles. The van der Waals surface area contributed by atoms with Gasteiger partial charge in [0, 0.05) is 6.20 Å². The summed E-state index contributed by atoms with van der Waals surface area (Å²) in [6.45, 7) is 6.62. The maximum atomic E-state index is 10.2. The topological polar surface area (TPSA) is 84.7 Å². The molecule has 0 bridgehead atoms. The van der Waals surface area contributed by atoms with Gasteiger partial charge >= 0.3 is 7.12 Å². The summed E-state index contributed by atoms with van der Waals surface area (Å²) in [5.41, 5.74) is -1.76. The summed E-state index contributed by atoms with van der Waals surface area (Å²) < 4.78 is 10.7. The lowest BCUT2D eigenvalue weighted by Gasteiger charge is -2.38. The van der Waals surface area contributed by atoms with Gasteiger partial charge in [-0.1, -0.05) is 11.8 Å². The molecule has 1 rings (SSSR count). The maximum Gasteiger partial charge on any atom is 0.498 e. The summed E-state index contributed by atoms with van der Waals surface area (Å²) in [5.74, 6) is 0.253. The molecule has 0 unspecified atom stereocenters. The second kappa shape index (κ2) is 6.30. The molecule has 1 aromatic rings. The van der Waals surface area contributed by atoms with Crippen LogP contribution in [0.15, 0.2) is 11.4 Å². The molecule has 0 fully saturated rings. The molecule has 8 heteroatoms. The van der Waals surface area contributed by atoms with Crippen LogP contribution in [-0.4, -0.2) is 51.8 Å². The molecule has 0 radical (unpaired) electrons.